The van der Waals surface area contributed by atoms with Crippen LogP contribution in [-0.2, 0) is 23.0 Å². The van der Waals surface area contributed by atoms with Crippen molar-refractivity contribution in [3.8, 4) is 18.6 Å². The van der Waals surface area contributed by atoms with E-state index in [1.54, 1.807) is 26.2 Å². The van der Waals surface area contributed by atoms with Crippen LogP contribution in [0.25, 0.3) is 0 Å². The Balaban J connectivity index is 0.00000109. The summed E-state index contributed by atoms with van der Waals surface area (Å²) in [6.45, 7) is 18.1. The lowest BCUT2D eigenvalue weighted by atomic mass is 10.1. The molecule has 4 heterocycles. The van der Waals surface area contributed by atoms with Crippen LogP contribution in [0.3, 0.4) is 0 Å². The lowest BCUT2D eigenvalue weighted by molar-refractivity contribution is 0.152. The molecule has 14 heteroatoms. The van der Waals surface area contributed by atoms with Crippen molar-refractivity contribution in [2.24, 2.45) is 5.92 Å². The molecule has 3 aromatic rings. The number of unbranched alkanes of at least 4 members (excludes halogenated alkanes) is 1. The van der Waals surface area contributed by atoms with E-state index in [2.05, 4.69) is 75.9 Å². The van der Waals surface area contributed by atoms with Crippen molar-refractivity contribution in [1.29, 1.82) is 0 Å². The highest BCUT2D eigenvalue weighted by Crippen LogP contribution is 2.42. The summed E-state index contributed by atoms with van der Waals surface area (Å²) in [7, 11) is -0.179. The normalized spacial score (nSPS) is 14.5. The summed E-state index contributed by atoms with van der Waals surface area (Å²) in [6.07, 6.45) is 13.1. The zero-order valence-electron chi connectivity index (χ0n) is 28.0. The zero-order chi connectivity index (χ0) is 33.8. The highest BCUT2D eigenvalue weighted by atomic mass is 32.2. The Bertz CT molecular complexity index is 1410. The molecular weight excluding hydrogens is 631 g/mol. The van der Waals surface area contributed by atoms with Crippen molar-refractivity contribution in [3.05, 3.63) is 29.0 Å². The van der Waals surface area contributed by atoms with E-state index in [-0.39, 0.29) is 15.6 Å². The van der Waals surface area contributed by atoms with Crippen LogP contribution in [0, 0.1) is 18.8 Å². The van der Waals surface area contributed by atoms with Gasteiger partial charge in [0.25, 0.3) is 10.0 Å². The average Bonchev–Trinajstić information content (AvgIpc) is 3.72. The van der Waals surface area contributed by atoms with Crippen molar-refractivity contribution >= 4 is 50.4 Å². The van der Waals surface area contributed by atoms with Crippen LogP contribution < -0.4 is 10.6 Å². The van der Waals surface area contributed by atoms with E-state index < -0.39 is 15.6 Å². The van der Waals surface area contributed by atoms with E-state index in [1.165, 1.54) is 23.3 Å². The monoisotopic (exact) mass is 681 g/mol. The Morgan fingerprint density at radius 3 is 2.36 bits per heavy atom. The van der Waals surface area contributed by atoms with E-state index in [1.807, 2.05) is 6.26 Å². The molecule has 1 aliphatic heterocycles. The number of furan rings is 1. The highest BCUT2D eigenvalue weighted by Gasteiger charge is 2.34. The number of thiophene rings is 1. The van der Waals surface area contributed by atoms with Crippen molar-refractivity contribution in [2.75, 3.05) is 57.5 Å². The van der Waals surface area contributed by atoms with Crippen molar-refractivity contribution < 1.29 is 17.9 Å². The van der Waals surface area contributed by atoms with Gasteiger partial charge in [0, 0.05) is 44.1 Å². The average molecular weight is 682 g/mol. The van der Waals surface area contributed by atoms with Gasteiger partial charge in [-0.2, -0.15) is 13.1 Å². The molecule has 1 saturated heterocycles. The number of rotatable bonds is 12. The summed E-state index contributed by atoms with van der Waals surface area (Å²) in [5.74, 6) is 2.18. The first kappa shape index (κ1) is 38.5. The molecule has 0 bridgehead atoms. The molecule has 0 amide bonds. The SMILES string of the molecule is C#C.CC(C)C.CN1CCN(CCCCc2coc(CNc3nsnc3Nc3csc(S(=O)(=O)N(C)C(C)(C)C)c3O)c2)CC1. The third kappa shape index (κ3) is 11.9. The van der Waals surface area contributed by atoms with E-state index in [4.69, 9.17) is 4.42 Å². The van der Waals surface area contributed by atoms with Crippen LogP contribution >= 0.6 is 23.1 Å². The summed E-state index contributed by atoms with van der Waals surface area (Å²) in [5.41, 5.74) is 0.806. The summed E-state index contributed by atoms with van der Waals surface area (Å²) >= 11 is 1.97. The number of nitrogens with zero attached hydrogens (tertiary/aromatic N) is 5. The minimum absolute atomic E-state index is 0.119. The quantitative estimate of drug-likeness (QED) is 0.151. The van der Waals surface area contributed by atoms with Crippen LogP contribution in [0.4, 0.5) is 17.3 Å². The van der Waals surface area contributed by atoms with Crippen LogP contribution in [0.1, 0.15) is 65.7 Å². The molecule has 3 aromatic heterocycles. The summed E-state index contributed by atoms with van der Waals surface area (Å²) < 4.78 is 41.4. The predicted octanol–water partition coefficient (Wildman–Crippen LogP) is 6.15. The number of nitrogens with one attached hydrogen (secondary N) is 2. The maximum absolute atomic E-state index is 13.0. The van der Waals surface area contributed by atoms with Crippen LogP contribution in [-0.4, -0.2) is 88.7 Å². The molecule has 0 radical (unpaired) electrons. The Morgan fingerprint density at radius 1 is 1.11 bits per heavy atom. The van der Waals surface area contributed by atoms with Crippen molar-refractivity contribution in [2.45, 2.75) is 77.1 Å². The van der Waals surface area contributed by atoms with Crippen molar-refractivity contribution in [1.82, 2.24) is 22.9 Å². The van der Waals surface area contributed by atoms with Gasteiger partial charge in [-0.25, -0.2) is 8.42 Å². The molecule has 1 fully saturated rings. The highest BCUT2D eigenvalue weighted by molar-refractivity contribution is 7.91. The van der Waals surface area contributed by atoms with Gasteiger partial charge in [0.15, 0.2) is 21.6 Å². The minimum atomic E-state index is -3.86. The summed E-state index contributed by atoms with van der Waals surface area (Å²) in [5, 5.41) is 18.5. The molecule has 0 saturated carbocycles. The van der Waals surface area contributed by atoms with Gasteiger partial charge in [-0.1, -0.05) is 20.8 Å². The minimum Gasteiger partial charge on any atom is -0.504 e. The fraction of sp³-hybridized carbons (Fsp3) is 0.613. The standard InChI is InChI=1S/C25H39N7O4S3.C4H10.C2H2/c1-25(2,3)31(5)39(34,35)24-21(33)20(17-37-24)27-23-22(28-38-29-23)26-15-19-14-18(16-36-19)8-6-7-9-32-12-10-30(4)11-13-32;1-4(2)3;1-2/h14,16-17,33H,6-13,15H2,1-5H3,(H,26,28)(H,27,29);4H,1-3H3;1-2H. The van der Waals surface area contributed by atoms with Gasteiger partial charge in [-0.15, -0.1) is 24.2 Å². The molecule has 3 N–H and O–H groups in total. The van der Waals surface area contributed by atoms with Gasteiger partial charge in [0.1, 0.15) is 5.76 Å². The van der Waals surface area contributed by atoms with Crippen LogP contribution in [0.15, 0.2) is 26.3 Å². The zero-order valence-corrected chi connectivity index (χ0v) is 30.4. The Kier molecular flexibility index (Phi) is 15.3. The second-order valence-electron chi connectivity index (χ2n) is 12.6. The maximum Gasteiger partial charge on any atom is 0.256 e. The molecule has 45 heavy (non-hydrogen) atoms. The van der Waals surface area contributed by atoms with E-state index >= 15 is 0 Å². The number of aromatic nitrogens is 2. The smallest absolute Gasteiger partial charge is 0.256 e. The molecule has 252 valence electrons. The predicted molar refractivity (Wildman–Crippen MR) is 187 cm³/mol. The third-order valence-electron chi connectivity index (χ3n) is 6.94. The fourth-order valence-corrected chi connectivity index (χ4v) is 7.56. The number of hydrogen-bond donors (Lipinski definition) is 3. The molecule has 0 aliphatic carbocycles. The van der Waals surface area contributed by atoms with Gasteiger partial charge in [-0.05, 0) is 71.2 Å². The molecule has 0 spiro atoms. The van der Waals surface area contributed by atoms with Crippen molar-refractivity contribution in [3.63, 3.8) is 0 Å². The van der Waals surface area contributed by atoms with Gasteiger partial charge in [-0.3, -0.25) is 0 Å². The molecule has 0 unspecified atom stereocenters. The lowest BCUT2D eigenvalue weighted by Crippen LogP contribution is -2.44. The molecule has 0 aromatic carbocycles. The Morgan fingerprint density at radius 2 is 1.73 bits per heavy atom. The van der Waals surface area contributed by atoms with Crippen LogP contribution in [0.5, 0.6) is 5.75 Å². The third-order valence-corrected chi connectivity index (χ3v) is 11.1. The van der Waals surface area contributed by atoms with Gasteiger partial charge < -0.3 is 30.0 Å². The number of sulfonamides is 1. The van der Waals surface area contributed by atoms with Crippen LogP contribution in [0.2, 0.25) is 0 Å². The fourth-order valence-electron chi connectivity index (χ4n) is 4.16. The number of aromatic hydroxyl groups is 1. The number of anilines is 3. The van der Waals surface area contributed by atoms with Gasteiger partial charge in [0.2, 0.25) is 0 Å². The van der Waals surface area contributed by atoms with E-state index in [0.717, 1.165) is 80.3 Å². The summed E-state index contributed by atoms with van der Waals surface area (Å²) in [6, 6.07) is 2.06. The largest absolute Gasteiger partial charge is 0.504 e. The van der Waals surface area contributed by atoms with Gasteiger partial charge in [0.05, 0.1) is 30.2 Å². The maximum atomic E-state index is 13.0. The first-order valence-electron chi connectivity index (χ1n) is 15.1. The number of likely N-dealkylation sites (N-methyl/N-ethyl adjacent to an activating group) is 1. The molecular formula is C31H51N7O4S3. The van der Waals surface area contributed by atoms with Gasteiger partial charge >= 0.3 is 0 Å². The molecule has 0 atom stereocenters. The second kappa shape index (κ2) is 17.9. The number of aryl methyl sites for hydroxylation is 1. The second-order valence-corrected chi connectivity index (χ2v) is 16.2. The van der Waals surface area contributed by atoms with E-state index in [0.29, 0.717) is 18.2 Å². The van der Waals surface area contributed by atoms with E-state index in [9.17, 15) is 13.5 Å². The number of hydrogen-bond acceptors (Lipinski definition) is 12. The number of terminal acetylenes is 1. The lowest BCUT2D eigenvalue weighted by Gasteiger charge is -2.32. The molecule has 1 aliphatic rings. The first-order chi connectivity index (χ1) is 21.2. The first-order valence-corrected chi connectivity index (χ1v) is 18.2. The molecule has 11 nitrogen and oxygen atoms in total. The number of piperazine rings is 1. The Labute approximate surface area is 278 Å². The Hall–Kier alpha value is -2.67. The molecule has 4 rings (SSSR count). The topological polar surface area (TPSA) is 127 Å². The summed E-state index contributed by atoms with van der Waals surface area (Å²) in [4.78, 5) is 4.92.